The lowest BCUT2D eigenvalue weighted by Gasteiger charge is -2.11. The molecule has 7 heteroatoms. The molecule has 0 atom stereocenters. The lowest BCUT2D eigenvalue weighted by molar-refractivity contribution is 0.0921. The summed E-state index contributed by atoms with van der Waals surface area (Å²) in [5.41, 5.74) is 4.72. The number of carbonyl (C=O) groups is 1. The van der Waals surface area contributed by atoms with Crippen LogP contribution in [0.4, 0.5) is 0 Å². The van der Waals surface area contributed by atoms with E-state index in [0.29, 0.717) is 17.2 Å². The maximum Gasteiger partial charge on any atom is 0.247 e. The molecule has 164 valence electrons. The molecule has 0 unspecified atom stereocenters. The number of hydrogen-bond donors (Lipinski definition) is 0. The minimum Gasteiger partial charge on any atom is -0.497 e. The fourth-order valence-corrected chi connectivity index (χ4v) is 3.68. The largest absolute Gasteiger partial charge is 0.497 e. The highest BCUT2D eigenvalue weighted by molar-refractivity contribution is 5.98. The summed E-state index contributed by atoms with van der Waals surface area (Å²) in [5, 5.41) is 7.54. The summed E-state index contributed by atoms with van der Waals surface area (Å²) in [6, 6.07) is 17.2. The van der Waals surface area contributed by atoms with E-state index in [1.807, 2.05) is 44.2 Å². The van der Waals surface area contributed by atoms with Crippen molar-refractivity contribution >= 4 is 5.78 Å². The molecule has 0 radical (unpaired) electrons. The second-order valence-corrected chi connectivity index (χ2v) is 7.51. The van der Waals surface area contributed by atoms with Gasteiger partial charge in [-0.05, 0) is 68.3 Å². The summed E-state index contributed by atoms with van der Waals surface area (Å²) >= 11 is 0. The zero-order valence-corrected chi connectivity index (χ0v) is 18.4. The van der Waals surface area contributed by atoms with E-state index in [4.69, 9.17) is 13.9 Å². The topological polar surface area (TPSA) is 79.4 Å². The Morgan fingerprint density at radius 1 is 1.03 bits per heavy atom. The molecule has 32 heavy (non-hydrogen) atoms. The molecule has 0 N–H and O–H groups in total. The summed E-state index contributed by atoms with van der Waals surface area (Å²) in [5.74, 6) is 1.85. The standard InChI is InChI=1S/C25H25N3O4/c1-17-14-23(18(2)28(17)13-12-19-4-8-21(30-3)9-5-19)24(29)15-31-22-10-6-20(7-11-22)25-27-26-16-32-25/h4-11,14,16H,12-13,15H2,1-3H3. The molecule has 7 nitrogen and oxygen atoms in total. The Morgan fingerprint density at radius 2 is 1.75 bits per heavy atom. The van der Waals surface area contributed by atoms with E-state index in [9.17, 15) is 4.79 Å². The van der Waals surface area contributed by atoms with Crippen molar-refractivity contribution < 1.29 is 18.7 Å². The predicted molar refractivity (Wildman–Crippen MR) is 120 cm³/mol. The van der Waals surface area contributed by atoms with Gasteiger partial charge >= 0.3 is 0 Å². The van der Waals surface area contributed by atoms with Crippen LogP contribution in [0.15, 0.2) is 65.4 Å². The summed E-state index contributed by atoms with van der Waals surface area (Å²) in [6.45, 7) is 4.78. The first-order chi connectivity index (χ1) is 15.5. The van der Waals surface area contributed by atoms with Gasteiger partial charge in [0.25, 0.3) is 0 Å². The zero-order valence-electron chi connectivity index (χ0n) is 18.4. The Morgan fingerprint density at radius 3 is 2.41 bits per heavy atom. The molecule has 0 saturated heterocycles. The highest BCUT2D eigenvalue weighted by atomic mass is 16.5. The third-order valence-corrected chi connectivity index (χ3v) is 5.49. The van der Waals surface area contributed by atoms with Gasteiger partial charge in [-0.25, -0.2) is 0 Å². The number of carbonyl (C=O) groups excluding carboxylic acids is 1. The third kappa shape index (κ3) is 4.72. The fourth-order valence-electron chi connectivity index (χ4n) is 3.68. The highest BCUT2D eigenvalue weighted by Crippen LogP contribution is 2.22. The number of ketones is 1. The minimum atomic E-state index is -0.0465. The van der Waals surface area contributed by atoms with E-state index >= 15 is 0 Å². The monoisotopic (exact) mass is 431 g/mol. The Bertz CT molecular complexity index is 1180. The molecule has 4 rings (SSSR count). The SMILES string of the molecule is COc1ccc(CCn2c(C)cc(C(=O)COc3ccc(-c4nnco4)cc3)c2C)cc1. The molecule has 0 amide bonds. The van der Waals surface area contributed by atoms with E-state index in [2.05, 4.69) is 26.9 Å². The highest BCUT2D eigenvalue weighted by Gasteiger charge is 2.16. The van der Waals surface area contributed by atoms with Crippen LogP contribution in [-0.2, 0) is 13.0 Å². The Balaban J connectivity index is 1.37. The maximum absolute atomic E-state index is 12.8. The second-order valence-electron chi connectivity index (χ2n) is 7.51. The van der Waals surface area contributed by atoms with Crippen LogP contribution in [0, 0.1) is 13.8 Å². The number of ether oxygens (including phenoxy) is 2. The first kappa shape index (κ1) is 21.4. The lowest BCUT2D eigenvalue weighted by atomic mass is 10.1. The number of methoxy groups -OCH3 is 1. The van der Waals surface area contributed by atoms with Crippen LogP contribution in [-0.4, -0.2) is 34.3 Å². The van der Waals surface area contributed by atoms with E-state index in [0.717, 1.165) is 35.7 Å². The van der Waals surface area contributed by atoms with E-state index in [1.54, 1.807) is 19.2 Å². The second kappa shape index (κ2) is 9.51. The minimum absolute atomic E-state index is 0.0251. The van der Waals surface area contributed by atoms with Crippen molar-refractivity contribution in [2.75, 3.05) is 13.7 Å². The average molecular weight is 431 g/mol. The molecule has 0 saturated carbocycles. The van der Waals surface area contributed by atoms with Crippen molar-refractivity contribution in [1.29, 1.82) is 0 Å². The van der Waals surface area contributed by atoms with Gasteiger partial charge in [-0.1, -0.05) is 12.1 Å². The van der Waals surface area contributed by atoms with Gasteiger partial charge < -0.3 is 18.5 Å². The molecule has 0 bridgehead atoms. The number of aromatic nitrogens is 3. The molecule has 2 heterocycles. The number of benzene rings is 2. The van der Waals surface area contributed by atoms with Gasteiger partial charge in [0.15, 0.2) is 6.61 Å². The van der Waals surface area contributed by atoms with Crippen LogP contribution in [0.5, 0.6) is 11.5 Å². The quantitative estimate of drug-likeness (QED) is 0.359. The van der Waals surface area contributed by atoms with E-state index in [-0.39, 0.29) is 12.4 Å². The van der Waals surface area contributed by atoms with Crippen molar-refractivity contribution in [3.8, 4) is 23.0 Å². The number of aryl methyl sites for hydroxylation is 2. The molecule has 2 aromatic heterocycles. The first-order valence-electron chi connectivity index (χ1n) is 10.4. The average Bonchev–Trinajstić information content (AvgIpc) is 3.45. The van der Waals surface area contributed by atoms with Gasteiger partial charge in [-0.2, -0.15) is 0 Å². The number of Topliss-reactive ketones (excluding diaryl/α,β-unsaturated/α-hetero) is 1. The number of nitrogens with zero attached hydrogens (tertiary/aromatic N) is 3. The molecule has 0 aliphatic carbocycles. The van der Waals surface area contributed by atoms with Crippen molar-refractivity contribution in [3.63, 3.8) is 0 Å². The van der Waals surface area contributed by atoms with E-state index in [1.165, 1.54) is 12.0 Å². The van der Waals surface area contributed by atoms with Crippen LogP contribution in [0.2, 0.25) is 0 Å². The molecular weight excluding hydrogens is 406 g/mol. The number of hydrogen-bond acceptors (Lipinski definition) is 6. The molecule has 0 spiro atoms. The van der Waals surface area contributed by atoms with Crippen LogP contribution < -0.4 is 9.47 Å². The lowest BCUT2D eigenvalue weighted by Crippen LogP contribution is -2.13. The predicted octanol–water partition coefficient (Wildman–Crippen LogP) is 4.67. The fraction of sp³-hybridized carbons (Fsp3) is 0.240. The van der Waals surface area contributed by atoms with Gasteiger partial charge in [0.1, 0.15) is 11.5 Å². The molecule has 0 aliphatic heterocycles. The summed E-state index contributed by atoms with van der Waals surface area (Å²) in [6.07, 6.45) is 2.16. The Hall–Kier alpha value is -3.87. The first-order valence-corrected chi connectivity index (χ1v) is 10.4. The van der Waals surface area contributed by atoms with E-state index < -0.39 is 0 Å². The third-order valence-electron chi connectivity index (χ3n) is 5.49. The summed E-state index contributed by atoms with van der Waals surface area (Å²) in [7, 11) is 1.66. The van der Waals surface area contributed by atoms with Crippen LogP contribution in [0.3, 0.4) is 0 Å². The molecular formula is C25H25N3O4. The maximum atomic E-state index is 12.8. The van der Waals surface area contributed by atoms with Gasteiger partial charge in [-0.3, -0.25) is 4.79 Å². The normalized spacial score (nSPS) is 10.8. The van der Waals surface area contributed by atoms with Gasteiger partial charge in [0, 0.05) is 29.1 Å². The summed E-state index contributed by atoms with van der Waals surface area (Å²) in [4.78, 5) is 12.8. The van der Waals surface area contributed by atoms with Crippen LogP contribution in [0.1, 0.15) is 27.3 Å². The molecule has 4 aromatic rings. The Labute approximate surface area is 186 Å². The summed E-state index contributed by atoms with van der Waals surface area (Å²) < 4.78 is 18.3. The van der Waals surface area contributed by atoms with Gasteiger partial charge in [-0.15, -0.1) is 10.2 Å². The van der Waals surface area contributed by atoms with Crippen molar-refractivity contribution in [2.24, 2.45) is 0 Å². The molecule has 0 aliphatic rings. The van der Waals surface area contributed by atoms with Crippen molar-refractivity contribution in [1.82, 2.24) is 14.8 Å². The smallest absolute Gasteiger partial charge is 0.247 e. The zero-order chi connectivity index (χ0) is 22.5. The van der Waals surface area contributed by atoms with Crippen molar-refractivity contribution in [2.45, 2.75) is 26.8 Å². The van der Waals surface area contributed by atoms with Crippen LogP contribution >= 0.6 is 0 Å². The molecule has 2 aromatic carbocycles. The Kier molecular flexibility index (Phi) is 6.35. The van der Waals surface area contributed by atoms with Gasteiger partial charge in [0.05, 0.1) is 7.11 Å². The van der Waals surface area contributed by atoms with Crippen molar-refractivity contribution in [3.05, 3.63) is 83.5 Å². The number of rotatable bonds is 9. The van der Waals surface area contributed by atoms with Gasteiger partial charge in [0.2, 0.25) is 18.1 Å². The molecule has 0 fully saturated rings. The van der Waals surface area contributed by atoms with Crippen LogP contribution in [0.25, 0.3) is 11.5 Å².